The minimum Gasteiger partial charge on any atom is -0.394 e. The third kappa shape index (κ3) is 2.40. The molecule has 1 saturated carbocycles. The lowest BCUT2D eigenvalue weighted by atomic mass is 10.1. The van der Waals surface area contributed by atoms with Gasteiger partial charge in [-0.1, -0.05) is 6.42 Å². The molecular formula is C10H20N2O3S. The van der Waals surface area contributed by atoms with E-state index in [0.717, 1.165) is 32.1 Å². The van der Waals surface area contributed by atoms with Gasteiger partial charge < -0.3 is 5.11 Å². The Hall–Kier alpha value is -0.170. The molecule has 1 atom stereocenters. The van der Waals surface area contributed by atoms with Gasteiger partial charge in [0.05, 0.1) is 12.1 Å². The average molecular weight is 248 g/mol. The predicted octanol–water partition coefficient (Wildman–Crippen LogP) is 0.220. The standard InChI is InChI=1S/C10H20N2O3S/c1-9-4-2-3-7-12(9)16(14,15)11-10(8-13)5-6-10/h9,11,13H,2-8H2,1H3. The van der Waals surface area contributed by atoms with Crippen LogP contribution in [-0.4, -0.2) is 42.6 Å². The third-order valence-corrected chi connectivity index (χ3v) is 5.40. The highest BCUT2D eigenvalue weighted by molar-refractivity contribution is 7.87. The summed E-state index contributed by atoms with van der Waals surface area (Å²) in [4.78, 5) is 0. The van der Waals surface area contributed by atoms with Gasteiger partial charge in [-0.3, -0.25) is 0 Å². The largest absolute Gasteiger partial charge is 0.394 e. The molecule has 0 radical (unpaired) electrons. The minimum absolute atomic E-state index is 0.0701. The second-order valence-electron chi connectivity index (χ2n) is 5.00. The molecule has 1 saturated heterocycles. The fraction of sp³-hybridized carbons (Fsp3) is 1.00. The van der Waals surface area contributed by atoms with Crippen LogP contribution in [0.1, 0.15) is 39.0 Å². The van der Waals surface area contributed by atoms with Gasteiger partial charge in [0.15, 0.2) is 0 Å². The minimum atomic E-state index is -3.42. The van der Waals surface area contributed by atoms with Crippen LogP contribution in [0.3, 0.4) is 0 Å². The van der Waals surface area contributed by atoms with Gasteiger partial charge in [0.25, 0.3) is 10.2 Å². The number of aliphatic hydroxyl groups is 1. The molecule has 0 aromatic rings. The molecule has 2 fully saturated rings. The monoisotopic (exact) mass is 248 g/mol. The van der Waals surface area contributed by atoms with E-state index in [4.69, 9.17) is 5.11 Å². The zero-order chi connectivity index (χ0) is 11.8. The van der Waals surface area contributed by atoms with Crippen molar-refractivity contribution in [2.75, 3.05) is 13.2 Å². The van der Waals surface area contributed by atoms with Gasteiger partial charge in [0, 0.05) is 12.6 Å². The fourth-order valence-electron chi connectivity index (χ4n) is 2.20. The van der Waals surface area contributed by atoms with Gasteiger partial charge in [-0.15, -0.1) is 0 Å². The van der Waals surface area contributed by atoms with E-state index in [1.165, 1.54) is 4.31 Å². The van der Waals surface area contributed by atoms with Crippen LogP contribution in [0.25, 0.3) is 0 Å². The maximum atomic E-state index is 12.1. The number of nitrogens with one attached hydrogen (secondary N) is 1. The molecule has 0 aromatic carbocycles. The smallest absolute Gasteiger partial charge is 0.280 e. The summed E-state index contributed by atoms with van der Waals surface area (Å²) >= 11 is 0. The van der Waals surface area contributed by atoms with Crippen LogP contribution in [0, 0.1) is 0 Å². The van der Waals surface area contributed by atoms with Crippen molar-refractivity contribution in [2.45, 2.75) is 50.6 Å². The molecule has 2 N–H and O–H groups in total. The second kappa shape index (κ2) is 4.25. The van der Waals surface area contributed by atoms with Gasteiger partial charge in [0.2, 0.25) is 0 Å². The van der Waals surface area contributed by atoms with Crippen molar-refractivity contribution in [3.8, 4) is 0 Å². The molecule has 16 heavy (non-hydrogen) atoms. The third-order valence-electron chi connectivity index (χ3n) is 3.55. The first kappa shape index (κ1) is 12.3. The van der Waals surface area contributed by atoms with Gasteiger partial charge in [-0.05, 0) is 32.6 Å². The van der Waals surface area contributed by atoms with E-state index in [0.29, 0.717) is 6.54 Å². The first-order valence-electron chi connectivity index (χ1n) is 5.91. The van der Waals surface area contributed by atoms with Crippen LogP contribution in [0.2, 0.25) is 0 Å². The zero-order valence-electron chi connectivity index (χ0n) is 9.65. The molecule has 0 aromatic heterocycles. The van der Waals surface area contributed by atoms with Crippen LogP contribution in [0.15, 0.2) is 0 Å². The second-order valence-corrected chi connectivity index (χ2v) is 6.62. The van der Waals surface area contributed by atoms with Crippen LogP contribution in [0.4, 0.5) is 0 Å². The molecule has 0 bridgehead atoms. The number of rotatable bonds is 4. The summed E-state index contributed by atoms with van der Waals surface area (Å²) in [6.45, 7) is 2.43. The molecule has 94 valence electrons. The summed E-state index contributed by atoms with van der Waals surface area (Å²) in [6, 6.07) is 0.0701. The quantitative estimate of drug-likeness (QED) is 0.748. The Balaban J connectivity index is 2.06. The van der Waals surface area contributed by atoms with Gasteiger partial charge in [-0.2, -0.15) is 17.4 Å². The summed E-state index contributed by atoms with van der Waals surface area (Å²) in [5.41, 5.74) is -0.560. The Kier molecular flexibility index (Phi) is 3.27. The highest BCUT2D eigenvalue weighted by Crippen LogP contribution is 2.36. The van der Waals surface area contributed by atoms with Crippen LogP contribution in [-0.2, 0) is 10.2 Å². The lowest BCUT2D eigenvalue weighted by molar-refractivity contribution is 0.233. The van der Waals surface area contributed by atoms with Crippen molar-refractivity contribution >= 4 is 10.2 Å². The predicted molar refractivity (Wildman–Crippen MR) is 61.1 cm³/mol. The highest BCUT2D eigenvalue weighted by atomic mass is 32.2. The highest BCUT2D eigenvalue weighted by Gasteiger charge is 2.47. The molecular weight excluding hydrogens is 228 g/mol. The summed E-state index contributed by atoms with van der Waals surface area (Å²) in [7, 11) is -3.42. The van der Waals surface area contributed by atoms with Crippen molar-refractivity contribution in [2.24, 2.45) is 0 Å². The normalized spacial score (nSPS) is 30.2. The van der Waals surface area contributed by atoms with E-state index in [9.17, 15) is 8.42 Å². The van der Waals surface area contributed by atoms with Gasteiger partial charge >= 0.3 is 0 Å². The van der Waals surface area contributed by atoms with Crippen LogP contribution >= 0.6 is 0 Å². The average Bonchev–Trinajstić information content (AvgIpc) is 2.98. The molecule has 1 heterocycles. The van der Waals surface area contributed by atoms with Crippen molar-refractivity contribution in [1.29, 1.82) is 0 Å². The zero-order valence-corrected chi connectivity index (χ0v) is 10.5. The molecule has 2 rings (SSSR count). The molecule has 1 aliphatic heterocycles. The van der Waals surface area contributed by atoms with E-state index in [1.807, 2.05) is 6.92 Å². The molecule has 2 aliphatic rings. The number of aliphatic hydroxyl groups excluding tert-OH is 1. The van der Waals surface area contributed by atoms with Crippen molar-refractivity contribution in [3.63, 3.8) is 0 Å². The van der Waals surface area contributed by atoms with E-state index < -0.39 is 15.7 Å². The summed E-state index contributed by atoms with van der Waals surface area (Å²) in [5, 5.41) is 9.14. The SMILES string of the molecule is CC1CCCCN1S(=O)(=O)NC1(CO)CC1. The fourth-order valence-corrected chi connectivity index (χ4v) is 4.09. The number of nitrogens with zero attached hydrogens (tertiary/aromatic N) is 1. The maximum Gasteiger partial charge on any atom is 0.280 e. The Bertz CT molecular complexity index is 351. The Morgan fingerprint density at radius 3 is 2.62 bits per heavy atom. The molecule has 0 spiro atoms. The van der Waals surface area contributed by atoms with Crippen molar-refractivity contribution in [3.05, 3.63) is 0 Å². The van der Waals surface area contributed by atoms with Crippen molar-refractivity contribution < 1.29 is 13.5 Å². The van der Waals surface area contributed by atoms with Crippen LogP contribution < -0.4 is 4.72 Å². The first-order valence-corrected chi connectivity index (χ1v) is 7.35. The number of hydrogen-bond donors (Lipinski definition) is 2. The lowest BCUT2D eigenvalue weighted by Gasteiger charge is -2.33. The summed E-state index contributed by atoms with van der Waals surface area (Å²) in [6.07, 6.45) is 4.43. The topological polar surface area (TPSA) is 69.6 Å². The Morgan fingerprint density at radius 2 is 2.12 bits per heavy atom. The molecule has 5 nitrogen and oxygen atoms in total. The first-order chi connectivity index (χ1) is 7.49. The molecule has 1 aliphatic carbocycles. The molecule has 6 heteroatoms. The Labute approximate surface area is 97.0 Å². The summed E-state index contributed by atoms with van der Waals surface area (Å²) < 4.78 is 28.4. The van der Waals surface area contributed by atoms with E-state index in [2.05, 4.69) is 4.72 Å². The number of piperidine rings is 1. The van der Waals surface area contributed by atoms with Crippen LogP contribution in [0.5, 0.6) is 0 Å². The van der Waals surface area contributed by atoms with E-state index >= 15 is 0 Å². The van der Waals surface area contributed by atoms with Crippen molar-refractivity contribution in [1.82, 2.24) is 9.03 Å². The molecule has 0 amide bonds. The Morgan fingerprint density at radius 1 is 1.44 bits per heavy atom. The maximum absolute atomic E-state index is 12.1. The van der Waals surface area contributed by atoms with Gasteiger partial charge in [-0.25, -0.2) is 0 Å². The van der Waals surface area contributed by atoms with Gasteiger partial charge in [0.1, 0.15) is 0 Å². The van der Waals surface area contributed by atoms with E-state index in [1.54, 1.807) is 0 Å². The number of hydrogen-bond acceptors (Lipinski definition) is 3. The summed E-state index contributed by atoms with van der Waals surface area (Å²) in [5.74, 6) is 0. The lowest BCUT2D eigenvalue weighted by Crippen LogP contribution is -2.52. The molecule has 1 unspecified atom stereocenters. The van der Waals surface area contributed by atoms with E-state index in [-0.39, 0.29) is 12.6 Å².